The summed E-state index contributed by atoms with van der Waals surface area (Å²) < 4.78 is 68.3. The van der Waals surface area contributed by atoms with Crippen LogP contribution in [-0.2, 0) is 65.4 Å². The molecule has 0 spiro atoms. The maximum absolute atomic E-state index is 13.0. The second-order valence-electron chi connectivity index (χ2n) is 27.1. The molecule has 534 valence electrons. The molecule has 5 atom stereocenters. The molecular weight excluding hydrogens is 1190 g/mol. The molecule has 0 aliphatic heterocycles. The lowest BCUT2D eigenvalue weighted by atomic mass is 10.0. The van der Waals surface area contributed by atoms with Crippen LogP contribution in [0, 0.1) is 17.8 Å². The highest BCUT2D eigenvalue weighted by Crippen LogP contribution is 2.45. The summed E-state index contributed by atoms with van der Waals surface area (Å²) in [6, 6.07) is 0. The van der Waals surface area contributed by atoms with E-state index >= 15 is 0 Å². The van der Waals surface area contributed by atoms with Crippen molar-refractivity contribution < 1.29 is 80.2 Å². The van der Waals surface area contributed by atoms with E-state index in [0.29, 0.717) is 31.6 Å². The number of unbranched alkanes of at least 4 members (excludes halogenated alkanes) is 37. The molecule has 0 fully saturated rings. The van der Waals surface area contributed by atoms with Crippen LogP contribution in [0.3, 0.4) is 0 Å². The third-order valence-corrected chi connectivity index (χ3v) is 18.3. The van der Waals surface area contributed by atoms with E-state index in [9.17, 15) is 43.2 Å². The molecule has 0 radical (unpaired) electrons. The highest BCUT2D eigenvalue weighted by molar-refractivity contribution is 7.47. The van der Waals surface area contributed by atoms with Gasteiger partial charge in [0.25, 0.3) is 0 Å². The summed E-state index contributed by atoms with van der Waals surface area (Å²) in [5.41, 5.74) is 0. The summed E-state index contributed by atoms with van der Waals surface area (Å²) in [5, 5.41) is 10.6. The van der Waals surface area contributed by atoms with Crippen LogP contribution >= 0.6 is 15.6 Å². The third kappa shape index (κ3) is 64.8. The summed E-state index contributed by atoms with van der Waals surface area (Å²) in [7, 11) is -9.90. The van der Waals surface area contributed by atoms with Gasteiger partial charge in [0.1, 0.15) is 19.3 Å². The molecule has 0 heterocycles. The Bertz CT molecular complexity index is 1770. The van der Waals surface area contributed by atoms with Crippen LogP contribution in [0.15, 0.2) is 0 Å². The fourth-order valence-electron chi connectivity index (χ4n) is 10.7. The molecule has 0 rings (SSSR count). The lowest BCUT2D eigenvalue weighted by molar-refractivity contribution is -0.161. The molecule has 0 saturated carbocycles. The SMILES string of the molecule is CCCCCCCCCCCCCCCC(=O)O[C@H](COC(=O)CCCCCCCCC(C)C)COP(=O)(O)OC[C@H](O)COP(=O)(O)OC[C@@H](COC(=O)CCCCCCCCCCCCC(C)C)OC(=O)CCCCCCCCCCCCCCC(C)C. The van der Waals surface area contributed by atoms with Crippen molar-refractivity contribution in [3.63, 3.8) is 0 Å². The largest absolute Gasteiger partial charge is 0.472 e. The van der Waals surface area contributed by atoms with Crippen LogP contribution in [0.5, 0.6) is 0 Å². The maximum atomic E-state index is 13.0. The molecule has 90 heavy (non-hydrogen) atoms. The standard InChI is InChI=1S/C71H138O17P2/c1-8-9-10-11-12-13-14-15-19-26-31-40-47-54-71(76)88-67(59-82-69(74)53-46-39-34-33-37-44-51-64(6)7)61-86-90(79,80)84-57-65(72)56-83-89(77,78)85-60-66(58-81-68(73)52-45-38-30-25-22-21-24-29-36-43-50-63(4)5)87-70(75)55-48-41-32-27-20-17-16-18-23-28-35-42-49-62(2)3/h62-67,72H,8-61H2,1-7H3,(H,77,78)(H,79,80)/t65-,66-,67-/m1/s1. The summed E-state index contributed by atoms with van der Waals surface area (Å²) >= 11 is 0. The van der Waals surface area contributed by atoms with Gasteiger partial charge in [0.2, 0.25) is 0 Å². The van der Waals surface area contributed by atoms with E-state index in [-0.39, 0.29) is 25.7 Å². The second kappa shape index (κ2) is 61.9. The van der Waals surface area contributed by atoms with Gasteiger partial charge in [-0.1, -0.05) is 305 Å². The number of esters is 4. The van der Waals surface area contributed by atoms with Gasteiger partial charge < -0.3 is 33.8 Å². The van der Waals surface area contributed by atoms with E-state index in [2.05, 4.69) is 48.5 Å². The molecule has 0 amide bonds. The minimum atomic E-state index is -4.95. The zero-order valence-electron chi connectivity index (χ0n) is 58.6. The molecule has 0 aromatic carbocycles. The average molecular weight is 1330 g/mol. The number of carbonyl (C=O) groups is 4. The van der Waals surface area contributed by atoms with Crippen LogP contribution in [0.1, 0.15) is 357 Å². The Morgan fingerprint density at radius 3 is 0.756 bits per heavy atom. The van der Waals surface area contributed by atoms with Gasteiger partial charge in [0.05, 0.1) is 26.4 Å². The van der Waals surface area contributed by atoms with Gasteiger partial charge in [0.15, 0.2) is 12.2 Å². The molecule has 17 nitrogen and oxygen atoms in total. The van der Waals surface area contributed by atoms with Crippen LogP contribution in [0.25, 0.3) is 0 Å². The number of hydrogen-bond donors (Lipinski definition) is 3. The van der Waals surface area contributed by atoms with E-state index in [0.717, 1.165) is 108 Å². The summed E-state index contributed by atoms with van der Waals surface area (Å²) in [6.45, 7) is 11.8. The zero-order valence-corrected chi connectivity index (χ0v) is 60.4. The molecule has 0 aromatic rings. The Hall–Kier alpha value is -1.94. The number of phosphoric ester groups is 2. The normalized spacial score (nSPS) is 14.2. The summed E-state index contributed by atoms with van der Waals surface area (Å²) in [6.07, 6.45) is 45.9. The van der Waals surface area contributed by atoms with Gasteiger partial charge in [-0.3, -0.25) is 37.3 Å². The quantitative estimate of drug-likeness (QED) is 0.0222. The second-order valence-corrected chi connectivity index (χ2v) is 30.0. The number of ether oxygens (including phenoxy) is 4. The van der Waals surface area contributed by atoms with Crippen molar-refractivity contribution in [1.29, 1.82) is 0 Å². The fourth-order valence-corrected chi connectivity index (χ4v) is 12.3. The molecule has 19 heteroatoms. The van der Waals surface area contributed by atoms with Crippen molar-refractivity contribution in [2.24, 2.45) is 17.8 Å². The number of aliphatic hydroxyl groups is 1. The Labute approximate surface area is 549 Å². The lowest BCUT2D eigenvalue weighted by Gasteiger charge is -2.21. The summed E-state index contributed by atoms with van der Waals surface area (Å²) in [4.78, 5) is 72.6. The highest BCUT2D eigenvalue weighted by Gasteiger charge is 2.30. The van der Waals surface area contributed by atoms with Crippen molar-refractivity contribution in [2.45, 2.75) is 375 Å². The van der Waals surface area contributed by atoms with E-state index in [1.807, 2.05) is 0 Å². The van der Waals surface area contributed by atoms with Crippen molar-refractivity contribution in [3.05, 3.63) is 0 Å². The Balaban J connectivity index is 5.25. The molecule has 0 aliphatic carbocycles. The summed E-state index contributed by atoms with van der Waals surface area (Å²) in [5.74, 6) is 0.0895. The predicted octanol–water partition coefficient (Wildman–Crippen LogP) is 20.2. The van der Waals surface area contributed by atoms with Crippen molar-refractivity contribution in [3.8, 4) is 0 Å². The predicted molar refractivity (Wildman–Crippen MR) is 363 cm³/mol. The Morgan fingerprint density at radius 1 is 0.300 bits per heavy atom. The first kappa shape index (κ1) is 88.1. The van der Waals surface area contributed by atoms with E-state index in [1.54, 1.807) is 0 Å². The van der Waals surface area contributed by atoms with Crippen molar-refractivity contribution >= 4 is 39.5 Å². The molecule has 0 saturated heterocycles. The van der Waals surface area contributed by atoms with Gasteiger partial charge in [0, 0.05) is 25.7 Å². The van der Waals surface area contributed by atoms with Crippen molar-refractivity contribution in [2.75, 3.05) is 39.6 Å². The minimum absolute atomic E-state index is 0.106. The number of phosphoric acid groups is 2. The first-order chi connectivity index (χ1) is 43.2. The number of hydrogen-bond acceptors (Lipinski definition) is 15. The Morgan fingerprint density at radius 2 is 0.511 bits per heavy atom. The number of rotatable bonds is 69. The molecular formula is C71H138O17P2. The topological polar surface area (TPSA) is 237 Å². The minimum Gasteiger partial charge on any atom is -0.462 e. The van der Waals surface area contributed by atoms with Gasteiger partial charge in [-0.2, -0.15) is 0 Å². The molecule has 0 bridgehead atoms. The maximum Gasteiger partial charge on any atom is 0.472 e. The van der Waals surface area contributed by atoms with E-state index < -0.39 is 97.5 Å². The van der Waals surface area contributed by atoms with Gasteiger partial charge in [-0.05, 0) is 43.4 Å². The highest BCUT2D eigenvalue weighted by atomic mass is 31.2. The monoisotopic (exact) mass is 1320 g/mol. The lowest BCUT2D eigenvalue weighted by Crippen LogP contribution is -2.30. The van der Waals surface area contributed by atoms with E-state index in [1.165, 1.54) is 161 Å². The molecule has 0 aromatic heterocycles. The Kier molecular flexibility index (Phi) is 60.6. The molecule has 0 aliphatic rings. The first-order valence-electron chi connectivity index (χ1n) is 36.8. The van der Waals surface area contributed by atoms with Gasteiger partial charge in [-0.25, -0.2) is 9.13 Å². The van der Waals surface area contributed by atoms with Gasteiger partial charge in [-0.15, -0.1) is 0 Å². The molecule has 2 unspecified atom stereocenters. The van der Waals surface area contributed by atoms with Crippen LogP contribution < -0.4 is 0 Å². The van der Waals surface area contributed by atoms with Crippen LogP contribution in [0.2, 0.25) is 0 Å². The molecule has 3 N–H and O–H groups in total. The van der Waals surface area contributed by atoms with Crippen molar-refractivity contribution in [1.82, 2.24) is 0 Å². The number of aliphatic hydroxyl groups excluding tert-OH is 1. The third-order valence-electron chi connectivity index (χ3n) is 16.4. The average Bonchev–Trinajstić information content (AvgIpc) is 3.11. The number of carbonyl (C=O) groups excluding carboxylic acids is 4. The zero-order chi connectivity index (χ0) is 66.6. The van der Waals surface area contributed by atoms with Crippen LogP contribution in [0.4, 0.5) is 0 Å². The van der Waals surface area contributed by atoms with Gasteiger partial charge >= 0.3 is 39.5 Å². The van der Waals surface area contributed by atoms with E-state index in [4.69, 9.17) is 37.0 Å². The smallest absolute Gasteiger partial charge is 0.462 e. The first-order valence-corrected chi connectivity index (χ1v) is 39.8. The fraction of sp³-hybridized carbons (Fsp3) is 0.944. The van der Waals surface area contributed by atoms with Crippen LogP contribution in [-0.4, -0.2) is 96.7 Å².